The largest absolute Gasteiger partial charge is 0.388 e. The second-order valence-electron chi connectivity index (χ2n) is 4.96. The molecule has 0 bridgehead atoms. The molecule has 0 aliphatic heterocycles. The first-order valence-electron chi connectivity index (χ1n) is 6.73. The predicted molar refractivity (Wildman–Crippen MR) is 84.1 cm³/mol. The van der Waals surface area contributed by atoms with Gasteiger partial charge in [-0.1, -0.05) is 35.9 Å². The molecule has 2 aromatic carbocycles. The molecule has 2 heteroatoms. The molecule has 0 fully saturated rings. The van der Waals surface area contributed by atoms with Crippen molar-refractivity contribution < 1.29 is 0 Å². The molecular weight excluding hydrogens is 232 g/mol. The van der Waals surface area contributed by atoms with Crippen LogP contribution in [0.2, 0.25) is 0 Å². The van der Waals surface area contributed by atoms with Gasteiger partial charge in [-0.3, -0.25) is 0 Å². The smallest absolute Gasteiger partial charge is 0.0384 e. The van der Waals surface area contributed by atoms with Crippen molar-refractivity contribution in [1.82, 2.24) is 0 Å². The molecule has 1 N–H and O–H groups in total. The third kappa shape index (κ3) is 3.75. The van der Waals surface area contributed by atoms with E-state index in [-0.39, 0.29) is 0 Å². The number of nitrogens with zero attached hydrogens (tertiary/aromatic N) is 1. The zero-order chi connectivity index (χ0) is 13.7. The van der Waals surface area contributed by atoms with E-state index in [1.165, 1.54) is 16.8 Å². The topological polar surface area (TPSA) is 15.3 Å². The quantitative estimate of drug-likeness (QED) is 0.875. The number of nitrogens with one attached hydrogen (secondary N) is 1. The van der Waals surface area contributed by atoms with E-state index in [1.54, 1.807) is 0 Å². The highest BCUT2D eigenvalue weighted by Gasteiger charge is 2.02. The van der Waals surface area contributed by atoms with Crippen LogP contribution in [0.1, 0.15) is 11.1 Å². The number of anilines is 2. The van der Waals surface area contributed by atoms with Gasteiger partial charge in [0.2, 0.25) is 0 Å². The van der Waals surface area contributed by atoms with E-state index in [9.17, 15) is 0 Å². The van der Waals surface area contributed by atoms with Gasteiger partial charge >= 0.3 is 0 Å². The van der Waals surface area contributed by atoms with Crippen molar-refractivity contribution in [2.45, 2.75) is 13.3 Å². The first-order chi connectivity index (χ1) is 9.19. The number of rotatable bonds is 5. The summed E-state index contributed by atoms with van der Waals surface area (Å²) in [7, 11) is 4.09. The molecule has 0 aromatic heterocycles. The van der Waals surface area contributed by atoms with Crippen LogP contribution in [0.5, 0.6) is 0 Å². The van der Waals surface area contributed by atoms with E-state index in [0.717, 1.165) is 18.7 Å². The summed E-state index contributed by atoms with van der Waals surface area (Å²) < 4.78 is 0. The summed E-state index contributed by atoms with van der Waals surface area (Å²) in [6.07, 6.45) is 1.07. The molecule has 2 nitrogen and oxygen atoms in total. The van der Waals surface area contributed by atoms with Crippen LogP contribution in [0.3, 0.4) is 0 Å². The summed E-state index contributed by atoms with van der Waals surface area (Å²) in [5, 5.41) is 3.18. The third-order valence-electron chi connectivity index (χ3n) is 3.39. The van der Waals surface area contributed by atoms with Crippen LogP contribution in [0.25, 0.3) is 0 Å². The molecule has 2 rings (SSSR count). The minimum Gasteiger partial charge on any atom is -0.388 e. The van der Waals surface area contributed by atoms with Gasteiger partial charge in [0.1, 0.15) is 0 Å². The fraction of sp³-hybridized carbons (Fsp3) is 0.294. The van der Waals surface area contributed by atoms with Gasteiger partial charge in [0.05, 0.1) is 0 Å². The minimum absolute atomic E-state index is 1.02. The Balaban J connectivity index is 1.99. The lowest BCUT2D eigenvalue weighted by Crippen LogP contribution is -2.20. The highest BCUT2D eigenvalue weighted by Crippen LogP contribution is 2.18. The summed E-state index contributed by atoms with van der Waals surface area (Å²) in [5.41, 5.74) is 5.13. The molecule has 0 radical (unpaired) electrons. The van der Waals surface area contributed by atoms with Crippen molar-refractivity contribution in [3.05, 3.63) is 59.7 Å². The SMILES string of the molecule is CNc1cccc(N(C)CCc2cccc(C)c2)c1. The zero-order valence-corrected chi connectivity index (χ0v) is 12.0. The van der Waals surface area contributed by atoms with Gasteiger partial charge in [0, 0.05) is 32.0 Å². The fourth-order valence-corrected chi connectivity index (χ4v) is 2.19. The van der Waals surface area contributed by atoms with E-state index in [0.29, 0.717) is 0 Å². The molecule has 0 amide bonds. The van der Waals surface area contributed by atoms with Crippen molar-refractivity contribution >= 4 is 11.4 Å². The standard InChI is InChI=1S/C17H22N2/c1-14-6-4-7-15(12-14)10-11-19(3)17-9-5-8-16(13-17)18-2/h4-9,12-13,18H,10-11H2,1-3H3. The van der Waals surface area contributed by atoms with Crippen molar-refractivity contribution in [3.63, 3.8) is 0 Å². The van der Waals surface area contributed by atoms with Crippen molar-refractivity contribution in [2.24, 2.45) is 0 Å². The lowest BCUT2D eigenvalue weighted by atomic mass is 10.1. The third-order valence-corrected chi connectivity index (χ3v) is 3.39. The molecule has 0 atom stereocenters. The Labute approximate surface area is 116 Å². The van der Waals surface area contributed by atoms with E-state index in [1.807, 2.05) is 7.05 Å². The van der Waals surface area contributed by atoms with Gasteiger partial charge in [-0.05, 0) is 37.1 Å². The summed E-state index contributed by atoms with van der Waals surface area (Å²) in [5.74, 6) is 0. The van der Waals surface area contributed by atoms with Gasteiger partial charge in [-0.25, -0.2) is 0 Å². The lowest BCUT2D eigenvalue weighted by molar-refractivity contribution is 0.876. The van der Waals surface area contributed by atoms with Crippen LogP contribution < -0.4 is 10.2 Å². The summed E-state index contributed by atoms with van der Waals surface area (Å²) in [6, 6.07) is 17.2. The lowest BCUT2D eigenvalue weighted by Gasteiger charge is -2.20. The number of benzene rings is 2. The molecule has 0 aliphatic rings. The number of hydrogen-bond donors (Lipinski definition) is 1. The van der Waals surface area contributed by atoms with Crippen LogP contribution in [0.15, 0.2) is 48.5 Å². The first kappa shape index (κ1) is 13.5. The Morgan fingerprint density at radius 1 is 1.05 bits per heavy atom. The van der Waals surface area contributed by atoms with E-state index in [2.05, 4.69) is 72.7 Å². The maximum absolute atomic E-state index is 3.18. The Kier molecular flexibility index (Phi) is 4.45. The van der Waals surface area contributed by atoms with Crippen LogP contribution in [0.4, 0.5) is 11.4 Å². The van der Waals surface area contributed by atoms with Crippen molar-refractivity contribution in [3.8, 4) is 0 Å². The molecule has 2 aromatic rings. The normalized spacial score (nSPS) is 10.3. The monoisotopic (exact) mass is 254 g/mol. The summed E-state index contributed by atoms with van der Waals surface area (Å²) in [6.45, 7) is 3.17. The van der Waals surface area contributed by atoms with Gasteiger partial charge in [0.25, 0.3) is 0 Å². The molecule has 0 saturated carbocycles. The molecule has 100 valence electrons. The first-order valence-corrected chi connectivity index (χ1v) is 6.73. The number of hydrogen-bond acceptors (Lipinski definition) is 2. The van der Waals surface area contributed by atoms with Crippen LogP contribution in [0, 0.1) is 6.92 Å². The summed E-state index contributed by atoms with van der Waals surface area (Å²) in [4.78, 5) is 2.29. The van der Waals surface area contributed by atoms with Gasteiger partial charge < -0.3 is 10.2 Å². The van der Waals surface area contributed by atoms with E-state index in [4.69, 9.17) is 0 Å². The average Bonchev–Trinajstić information content (AvgIpc) is 2.45. The maximum atomic E-state index is 3.18. The number of likely N-dealkylation sites (N-methyl/N-ethyl adjacent to an activating group) is 1. The van der Waals surface area contributed by atoms with Crippen LogP contribution >= 0.6 is 0 Å². The molecule has 0 aliphatic carbocycles. The van der Waals surface area contributed by atoms with E-state index >= 15 is 0 Å². The Bertz CT molecular complexity index is 534. The van der Waals surface area contributed by atoms with Crippen LogP contribution in [-0.4, -0.2) is 20.6 Å². The molecule has 0 spiro atoms. The Morgan fingerprint density at radius 2 is 1.84 bits per heavy atom. The predicted octanol–water partition coefficient (Wildman–Crippen LogP) is 3.72. The summed E-state index contributed by atoms with van der Waals surface area (Å²) >= 11 is 0. The maximum Gasteiger partial charge on any atom is 0.0384 e. The van der Waals surface area contributed by atoms with Crippen molar-refractivity contribution in [1.29, 1.82) is 0 Å². The molecule has 19 heavy (non-hydrogen) atoms. The van der Waals surface area contributed by atoms with Gasteiger partial charge in [0.15, 0.2) is 0 Å². The van der Waals surface area contributed by atoms with Gasteiger partial charge in [-0.15, -0.1) is 0 Å². The second kappa shape index (κ2) is 6.28. The Morgan fingerprint density at radius 3 is 2.58 bits per heavy atom. The number of aryl methyl sites for hydroxylation is 1. The van der Waals surface area contributed by atoms with Crippen LogP contribution in [-0.2, 0) is 6.42 Å². The average molecular weight is 254 g/mol. The van der Waals surface area contributed by atoms with Crippen molar-refractivity contribution in [2.75, 3.05) is 30.9 Å². The van der Waals surface area contributed by atoms with E-state index < -0.39 is 0 Å². The van der Waals surface area contributed by atoms with Gasteiger partial charge in [-0.2, -0.15) is 0 Å². The molecular formula is C17H22N2. The highest BCUT2D eigenvalue weighted by atomic mass is 15.1. The molecule has 0 heterocycles. The fourth-order valence-electron chi connectivity index (χ4n) is 2.19. The Hall–Kier alpha value is -1.96. The zero-order valence-electron chi connectivity index (χ0n) is 12.0. The molecule has 0 saturated heterocycles. The highest BCUT2D eigenvalue weighted by molar-refractivity contribution is 5.57. The second-order valence-corrected chi connectivity index (χ2v) is 4.96. The minimum atomic E-state index is 1.02. The molecule has 0 unspecified atom stereocenters.